The zero-order chi connectivity index (χ0) is 16.3. The van der Waals surface area contributed by atoms with Crippen LogP contribution in [0, 0.1) is 11.2 Å². The summed E-state index contributed by atoms with van der Waals surface area (Å²) in [7, 11) is 0. The quantitative estimate of drug-likeness (QED) is 0.875. The highest BCUT2D eigenvalue weighted by Crippen LogP contribution is 2.27. The van der Waals surface area contributed by atoms with Crippen molar-refractivity contribution in [2.24, 2.45) is 11.1 Å². The molecule has 22 heavy (non-hydrogen) atoms. The van der Waals surface area contributed by atoms with Crippen LogP contribution in [0.3, 0.4) is 0 Å². The largest absolute Gasteiger partial charge is 0.369 e. The Balaban J connectivity index is 1.80. The Labute approximate surface area is 131 Å². The zero-order valence-electron chi connectivity index (χ0n) is 13.7. The van der Waals surface area contributed by atoms with E-state index in [1.165, 1.54) is 6.07 Å². The Bertz CT molecular complexity index is 539. The summed E-state index contributed by atoms with van der Waals surface area (Å²) >= 11 is 0. The number of benzene rings is 1. The van der Waals surface area contributed by atoms with Crippen LogP contribution in [0.1, 0.15) is 32.8 Å². The fourth-order valence-electron chi connectivity index (χ4n) is 2.87. The smallest absolute Gasteiger partial charge is 0.236 e. The van der Waals surface area contributed by atoms with Gasteiger partial charge >= 0.3 is 0 Å². The summed E-state index contributed by atoms with van der Waals surface area (Å²) in [5.41, 5.74) is 8.06. The van der Waals surface area contributed by atoms with Crippen LogP contribution in [-0.2, 0) is 11.2 Å². The minimum absolute atomic E-state index is 0.0364. The first-order valence-corrected chi connectivity index (χ1v) is 7.83. The van der Waals surface area contributed by atoms with Crippen LogP contribution in [0.25, 0.3) is 0 Å². The van der Waals surface area contributed by atoms with Gasteiger partial charge in [-0.15, -0.1) is 0 Å². The van der Waals surface area contributed by atoms with Crippen LogP contribution in [0.5, 0.6) is 0 Å². The molecular weight excluding hydrogens is 281 g/mol. The molecule has 122 valence electrons. The Morgan fingerprint density at radius 2 is 2.18 bits per heavy atom. The van der Waals surface area contributed by atoms with Crippen molar-refractivity contribution in [3.05, 3.63) is 29.6 Å². The summed E-state index contributed by atoms with van der Waals surface area (Å²) in [6, 6.07) is 4.41. The van der Waals surface area contributed by atoms with Crippen molar-refractivity contribution < 1.29 is 9.18 Å². The molecule has 4 nitrogen and oxygen atoms in total. The molecule has 0 unspecified atom stereocenters. The molecule has 0 bridgehead atoms. The Morgan fingerprint density at radius 1 is 1.45 bits per heavy atom. The predicted molar refractivity (Wildman–Crippen MR) is 87.4 cm³/mol. The second kappa shape index (κ2) is 6.65. The van der Waals surface area contributed by atoms with E-state index >= 15 is 0 Å². The van der Waals surface area contributed by atoms with Gasteiger partial charge in [-0.1, -0.05) is 20.8 Å². The fourth-order valence-corrected chi connectivity index (χ4v) is 2.87. The molecule has 1 aliphatic rings. The SMILES string of the molecule is CC(C)(C)C[C@H](N)C(=O)NCCN1CCc2cc(F)ccc21. The average Bonchev–Trinajstić information content (AvgIpc) is 2.79. The molecule has 1 aromatic rings. The maximum absolute atomic E-state index is 13.2. The predicted octanol–water partition coefficient (Wildman–Crippen LogP) is 2.07. The molecule has 3 N–H and O–H groups in total. The molecule has 1 amide bonds. The molecule has 1 atom stereocenters. The number of nitrogens with two attached hydrogens (primary N) is 1. The molecule has 0 saturated heterocycles. The van der Waals surface area contributed by atoms with E-state index in [2.05, 4.69) is 31.0 Å². The maximum Gasteiger partial charge on any atom is 0.236 e. The van der Waals surface area contributed by atoms with Crippen molar-refractivity contribution in [2.45, 2.75) is 39.7 Å². The van der Waals surface area contributed by atoms with Crippen LogP contribution >= 0.6 is 0 Å². The molecule has 0 fully saturated rings. The topological polar surface area (TPSA) is 58.4 Å². The van der Waals surface area contributed by atoms with Gasteiger partial charge in [0, 0.05) is 25.3 Å². The second-order valence-electron chi connectivity index (χ2n) is 7.17. The average molecular weight is 307 g/mol. The second-order valence-corrected chi connectivity index (χ2v) is 7.17. The molecule has 0 saturated carbocycles. The van der Waals surface area contributed by atoms with Crippen molar-refractivity contribution in [2.75, 3.05) is 24.5 Å². The summed E-state index contributed by atoms with van der Waals surface area (Å²) in [6.45, 7) is 8.34. The molecule has 2 rings (SSSR count). The molecule has 5 heteroatoms. The van der Waals surface area contributed by atoms with Gasteiger partial charge in [-0.3, -0.25) is 4.79 Å². The standard InChI is InChI=1S/C17H26FN3O/c1-17(2,3)11-14(19)16(22)20-7-9-21-8-6-12-10-13(18)4-5-15(12)21/h4-5,10,14H,6-9,11,19H2,1-3H3,(H,20,22)/t14-/m0/s1. The summed E-state index contributed by atoms with van der Waals surface area (Å²) in [5, 5.41) is 2.89. The number of nitrogens with zero attached hydrogens (tertiary/aromatic N) is 1. The van der Waals surface area contributed by atoms with Gasteiger partial charge < -0.3 is 16.0 Å². The minimum atomic E-state index is -0.472. The van der Waals surface area contributed by atoms with Gasteiger partial charge in [0.2, 0.25) is 5.91 Å². The van der Waals surface area contributed by atoms with Gasteiger partial charge in [0.25, 0.3) is 0 Å². The molecule has 1 aliphatic heterocycles. The number of hydrogen-bond acceptors (Lipinski definition) is 3. The monoisotopic (exact) mass is 307 g/mol. The molecule has 0 spiro atoms. The lowest BCUT2D eigenvalue weighted by molar-refractivity contribution is -0.122. The van der Waals surface area contributed by atoms with Gasteiger partial charge in [-0.2, -0.15) is 0 Å². The zero-order valence-corrected chi connectivity index (χ0v) is 13.7. The van der Waals surface area contributed by atoms with E-state index in [4.69, 9.17) is 5.73 Å². The van der Waals surface area contributed by atoms with E-state index in [0.29, 0.717) is 19.5 Å². The van der Waals surface area contributed by atoms with Crippen LogP contribution in [0.15, 0.2) is 18.2 Å². The van der Waals surface area contributed by atoms with Crippen molar-refractivity contribution in [1.29, 1.82) is 0 Å². The first-order valence-electron chi connectivity index (χ1n) is 7.83. The van der Waals surface area contributed by atoms with Gasteiger partial charge in [0.15, 0.2) is 0 Å². The van der Waals surface area contributed by atoms with Crippen LogP contribution in [0.4, 0.5) is 10.1 Å². The van der Waals surface area contributed by atoms with Gasteiger partial charge in [0.1, 0.15) is 5.82 Å². The maximum atomic E-state index is 13.2. The molecule has 1 aromatic carbocycles. The number of nitrogens with one attached hydrogen (secondary N) is 1. The number of carbonyl (C=O) groups excluding carboxylic acids is 1. The highest BCUT2D eigenvalue weighted by atomic mass is 19.1. The summed E-state index contributed by atoms with van der Waals surface area (Å²) in [6.07, 6.45) is 1.51. The van der Waals surface area contributed by atoms with E-state index in [9.17, 15) is 9.18 Å². The first kappa shape index (κ1) is 16.7. The number of halogens is 1. The Hall–Kier alpha value is -1.62. The molecule has 1 heterocycles. The Kier molecular flexibility index (Phi) is 5.06. The number of carbonyl (C=O) groups is 1. The fraction of sp³-hybridized carbons (Fsp3) is 0.588. The Morgan fingerprint density at radius 3 is 2.86 bits per heavy atom. The minimum Gasteiger partial charge on any atom is -0.369 e. The van der Waals surface area contributed by atoms with Crippen LogP contribution in [0.2, 0.25) is 0 Å². The molecular formula is C17H26FN3O. The van der Waals surface area contributed by atoms with Crippen molar-refractivity contribution in [3.8, 4) is 0 Å². The van der Waals surface area contributed by atoms with Gasteiger partial charge in [-0.25, -0.2) is 4.39 Å². The lowest BCUT2D eigenvalue weighted by Crippen LogP contribution is -2.45. The first-order chi connectivity index (χ1) is 10.3. The molecule has 0 aromatic heterocycles. The highest BCUT2D eigenvalue weighted by Gasteiger charge is 2.22. The number of fused-ring (bicyclic) bond motifs is 1. The summed E-state index contributed by atoms with van der Waals surface area (Å²) < 4.78 is 13.2. The third kappa shape index (κ3) is 4.44. The van der Waals surface area contributed by atoms with E-state index in [1.807, 2.05) is 6.07 Å². The third-order valence-electron chi connectivity index (χ3n) is 3.88. The number of hydrogen-bond donors (Lipinski definition) is 2. The van der Waals surface area contributed by atoms with E-state index < -0.39 is 6.04 Å². The summed E-state index contributed by atoms with van der Waals surface area (Å²) in [5.74, 6) is -0.296. The highest BCUT2D eigenvalue weighted by molar-refractivity contribution is 5.81. The normalized spacial score (nSPS) is 15.6. The number of anilines is 1. The van der Waals surface area contributed by atoms with E-state index in [-0.39, 0.29) is 17.1 Å². The third-order valence-corrected chi connectivity index (χ3v) is 3.88. The van der Waals surface area contributed by atoms with Crippen molar-refractivity contribution >= 4 is 11.6 Å². The number of rotatable bonds is 5. The van der Waals surface area contributed by atoms with Crippen LogP contribution < -0.4 is 16.0 Å². The van der Waals surface area contributed by atoms with Crippen molar-refractivity contribution in [1.82, 2.24) is 5.32 Å². The van der Waals surface area contributed by atoms with Gasteiger partial charge in [-0.05, 0) is 42.0 Å². The molecule has 0 aliphatic carbocycles. The van der Waals surface area contributed by atoms with Crippen LogP contribution in [-0.4, -0.2) is 31.6 Å². The van der Waals surface area contributed by atoms with E-state index in [1.54, 1.807) is 6.07 Å². The lowest BCUT2D eigenvalue weighted by atomic mass is 9.88. The van der Waals surface area contributed by atoms with Crippen molar-refractivity contribution in [3.63, 3.8) is 0 Å². The number of amides is 1. The molecule has 0 radical (unpaired) electrons. The summed E-state index contributed by atoms with van der Waals surface area (Å²) in [4.78, 5) is 14.2. The lowest BCUT2D eigenvalue weighted by Gasteiger charge is -2.23. The van der Waals surface area contributed by atoms with Gasteiger partial charge in [0.05, 0.1) is 6.04 Å². The van der Waals surface area contributed by atoms with E-state index in [0.717, 1.165) is 24.2 Å².